The second kappa shape index (κ2) is 7.21. The van der Waals surface area contributed by atoms with Crippen LogP contribution in [-0.2, 0) is 0 Å². The Labute approximate surface area is 146 Å². The number of rotatable bonds is 3. The third kappa shape index (κ3) is 4.26. The highest BCUT2D eigenvalue weighted by Crippen LogP contribution is 2.37. The number of hydrogen-bond donors (Lipinski definition) is 0. The van der Waals surface area contributed by atoms with E-state index in [1.165, 1.54) is 41.5 Å². The minimum Gasteiger partial charge on any atom is -0.0810 e. The summed E-state index contributed by atoms with van der Waals surface area (Å²) < 4.78 is 0. The van der Waals surface area contributed by atoms with Crippen molar-refractivity contribution in [2.75, 3.05) is 0 Å². The maximum atomic E-state index is 2.44. The van der Waals surface area contributed by atoms with Gasteiger partial charge in [-0.05, 0) is 47.3 Å². The van der Waals surface area contributed by atoms with Crippen molar-refractivity contribution < 1.29 is 0 Å². The average molecular weight is 316 g/mol. The van der Waals surface area contributed by atoms with E-state index in [-0.39, 0.29) is 0 Å². The van der Waals surface area contributed by atoms with Gasteiger partial charge in [-0.1, -0.05) is 99.2 Å². The number of hydrogen-bond acceptors (Lipinski definition) is 0. The lowest BCUT2D eigenvalue weighted by Gasteiger charge is -2.32. The third-order valence-corrected chi connectivity index (χ3v) is 5.18. The molecule has 24 heavy (non-hydrogen) atoms. The molecule has 2 aromatic rings. The van der Waals surface area contributed by atoms with E-state index < -0.39 is 0 Å². The third-order valence-electron chi connectivity index (χ3n) is 5.18. The molecule has 0 nitrogen and oxygen atoms in total. The molecule has 0 aliphatic heterocycles. The van der Waals surface area contributed by atoms with E-state index >= 15 is 0 Å². The molecule has 1 aliphatic carbocycles. The summed E-state index contributed by atoms with van der Waals surface area (Å²) in [6.45, 7) is 7.09. The lowest BCUT2D eigenvalue weighted by atomic mass is 9.73. The zero-order valence-corrected chi connectivity index (χ0v) is 15.1. The Morgan fingerprint density at radius 2 is 1.50 bits per heavy atom. The van der Waals surface area contributed by atoms with Crippen LogP contribution >= 0.6 is 0 Å². The van der Waals surface area contributed by atoms with Crippen molar-refractivity contribution in [3.8, 4) is 11.1 Å². The molecule has 0 saturated heterocycles. The molecule has 0 spiro atoms. The quantitative estimate of drug-likeness (QED) is 0.564. The van der Waals surface area contributed by atoms with Gasteiger partial charge >= 0.3 is 0 Å². The lowest BCUT2D eigenvalue weighted by Crippen LogP contribution is -2.21. The van der Waals surface area contributed by atoms with Crippen LogP contribution in [0.4, 0.5) is 0 Å². The van der Waals surface area contributed by atoms with Gasteiger partial charge < -0.3 is 0 Å². The van der Waals surface area contributed by atoms with E-state index in [4.69, 9.17) is 0 Å². The molecule has 2 aromatic carbocycles. The summed E-state index contributed by atoms with van der Waals surface area (Å²) in [5.74, 6) is 0.819. The Morgan fingerprint density at radius 3 is 2.08 bits per heavy atom. The first kappa shape index (κ1) is 16.8. The van der Waals surface area contributed by atoms with Gasteiger partial charge in [0.1, 0.15) is 0 Å². The monoisotopic (exact) mass is 316 g/mol. The van der Waals surface area contributed by atoms with Crippen molar-refractivity contribution >= 4 is 6.08 Å². The summed E-state index contributed by atoms with van der Waals surface area (Å²) in [6, 6.07) is 19.4. The standard InChI is InChI=1S/C24H28/c1-24(2,3)23-17-13-20(14-18-23)10-9-19-11-15-22(16-12-19)21-7-5-4-6-8-21/h4-13,15-16,23H,14,17-18H2,1-3H3/b10-9+. The molecule has 0 bridgehead atoms. The molecule has 3 rings (SSSR count). The summed E-state index contributed by atoms with van der Waals surface area (Å²) in [4.78, 5) is 0. The fraction of sp³-hybridized carbons (Fsp3) is 0.333. The molecule has 0 heteroatoms. The molecule has 1 atom stereocenters. The van der Waals surface area contributed by atoms with Crippen molar-refractivity contribution in [1.29, 1.82) is 0 Å². The van der Waals surface area contributed by atoms with Gasteiger partial charge in [0, 0.05) is 0 Å². The Bertz CT molecular complexity index is 709. The zero-order valence-electron chi connectivity index (χ0n) is 15.1. The zero-order chi connectivity index (χ0) is 17.0. The first-order chi connectivity index (χ1) is 11.5. The molecule has 0 aromatic heterocycles. The number of allylic oxidation sites excluding steroid dienone is 3. The summed E-state index contributed by atoms with van der Waals surface area (Å²) in [5.41, 5.74) is 5.74. The molecule has 0 radical (unpaired) electrons. The molecule has 0 amide bonds. The van der Waals surface area contributed by atoms with Crippen LogP contribution in [0.5, 0.6) is 0 Å². The van der Waals surface area contributed by atoms with E-state index in [0.717, 1.165) is 5.92 Å². The van der Waals surface area contributed by atoms with Crippen LogP contribution in [0.25, 0.3) is 17.2 Å². The molecule has 0 saturated carbocycles. The van der Waals surface area contributed by atoms with Crippen LogP contribution in [0.15, 0.2) is 72.3 Å². The average Bonchev–Trinajstić information content (AvgIpc) is 2.61. The molecule has 1 aliphatic rings. The SMILES string of the molecule is CC(C)(C)C1CC=C(/C=C/c2ccc(-c3ccccc3)cc2)CC1. The summed E-state index contributed by atoms with van der Waals surface area (Å²) in [7, 11) is 0. The van der Waals surface area contributed by atoms with Gasteiger partial charge in [0.25, 0.3) is 0 Å². The molecule has 1 unspecified atom stereocenters. The molecule has 0 N–H and O–H groups in total. The highest BCUT2D eigenvalue weighted by Gasteiger charge is 2.25. The first-order valence-corrected chi connectivity index (χ1v) is 9.05. The van der Waals surface area contributed by atoms with Crippen LogP contribution in [0.3, 0.4) is 0 Å². The second-order valence-corrected chi connectivity index (χ2v) is 7.94. The van der Waals surface area contributed by atoms with Gasteiger partial charge in [-0.15, -0.1) is 0 Å². The van der Waals surface area contributed by atoms with Gasteiger partial charge in [0.05, 0.1) is 0 Å². The minimum atomic E-state index is 0.430. The predicted molar refractivity (Wildman–Crippen MR) is 106 cm³/mol. The largest absolute Gasteiger partial charge is 0.0810 e. The summed E-state index contributed by atoms with van der Waals surface area (Å²) in [6.07, 6.45) is 10.7. The normalized spacial score (nSPS) is 18.6. The Hall–Kier alpha value is -2.08. The molecular formula is C24H28. The van der Waals surface area contributed by atoms with Gasteiger partial charge in [-0.3, -0.25) is 0 Å². The van der Waals surface area contributed by atoms with Crippen molar-refractivity contribution in [3.05, 3.63) is 77.9 Å². The van der Waals surface area contributed by atoms with Crippen molar-refractivity contribution in [2.24, 2.45) is 11.3 Å². The fourth-order valence-corrected chi connectivity index (χ4v) is 3.41. The van der Waals surface area contributed by atoms with Crippen LogP contribution in [0, 0.1) is 11.3 Å². The predicted octanol–water partition coefficient (Wildman–Crippen LogP) is 7.14. The Balaban J connectivity index is 1.64. The fourth-order valence-electron chi connectivity index (χ4n) is 3.41. The van der Waals surface area contributed by atoms with Gasteiger partial charge in [0.2, 0.25) is 0 Å². The van der Waals surface area contributed by atoms with Crippen LogP contribution in [-0.4, -0.2) is 0 Å². The highest BCUT2D eigenvalue weighted by atomic mass is 14.3. The summed E-state index contributed by atoms with van der Waals surface area (Å²) >= 11 is 0. The van der Waals surface area contributed by atoms with E-state index in [0.29, 0.717) is 5.41 Å². The van der Waals surface area contributed by atoms with E-state index in [2.05, 4.69) is 93.6 Å². The van der Waals surface area contributed by atoms with Crippen LogP contribution in [0.2, 0.25) is 0 Å². The molecule has 0 heterocycles. The maximum Gasteiger partial charge on any atom is -0.0184 e. The highest BCUT2D eigenvalue weighted by molar-refractivity contribution is 5.66. The van der Waals surface area contributed by atoms with E-state index in [1.54, 1.807) is 0 Å². The molecular weight excluding hydrogens is 288 g/mol. The van der Waals surface area contributed by atoms with E-state index in [1.807, 2.05) is 0 Å². The lowest BCUT2D eigenvalue weighted by molar-refractivity contribution is 0.221. The minimum absolute atomic E-state index is 0.430. The number of benzene rings is 2. The topological polar surface area (TPSA) is 0 Å². The summed E-state index contributed by atoms with van der Waals surface area (Å²) in [5, 5.41) is 0. The van der Waals surface area contributed by atoms with Gasteiger partial charge in [0.15, 0.2) is 0 Å². The van der Waals surface area contributed by atoms with E-state index in [9.17, 15) is 0 Å². The van der Waals surface area contributed by atoms with Gasteiger partial charge in [-0.2, -0.15) is 0 Å². The Morgan fingerprint density at radius 1 is 0.833 bits per heavy atom. The maximum absolute atomic E-state index is 2.44. The molecule has 124 valence electrons. The van der Waals surface area contributed by atoms with Crippen LogP contribution in [0.1, 0.15) is 45.6 Å². The smallest absolute Gasteiger partial charge is 0.0184 e. The van der Waals surface area contributed by atoms with Crippen molar-refractivity contribution in [3.63, 3.8) is 0 Å². The molecule has 0 fully saturated rings. The van der Waals surface area contributed by atoms with Crippen LogP contribution < -0.4 is 0 Å². The second-order valence-electron chi connectivity index (χ2n) is 7.94. The van der Waals surface area contributed by atoms with Crippen molar-refractivity contribution in [1.82, 2.24) is 0 Å². The van der Waals surface area contributed by atoms with Crippen molar-refractivity contribution in [2.45, 2.75) is 40.0 Å². The first-order valence-electron chi connectivity index (χ1n) is 9.05. The Kier molecular flexibility index (Phi) is 5.04. The van der Waals surface area contributed by atoms with Gasteiger partial charge in [-0.25, -0.2) is 0 Å².